The Morgan fingerprint density at radius 3 is 0.744 bits per heavy atom. The van der Waals surface area contributed by atoms with Crippen LogP contribution in [0, 0.1) is 94.7 Å². The fourth-order valence-corrected chi connectivity index (χ4v) is 20.9. The maximum absolute atomic E-state index is 6.23. The highest BCUT2D eigenvalue weighted by Gasteiger charge is 2.40. The fraction of sp³-hybridized carbons (Fsp3) is 1.00. The van der Waals surface area contributed by atoms with Crippen molar-refractivity contribution in [3.63, 3.8) is 0 Å². The van der Waals surface area contributed by atoms with Gasteiger partial charge in [-0.2, -0.15) is 0 Å². The largest absolute Gasteiger partial charge is 0.381 e. The van der Waals surface area contributed by atoms with Crippen LogP contribution in [0.2, 0.25) is 0 Å². The third-order valence-corrected chi connectivity index (χ3v) is 27.1. The second kappa shape index (κ2) is 49.4. The van der Waals surface area contributed by atoms with Crippen LogP contribution in [0.1, 0.15) is 404 Å². The van der Waals surface area contributed by atoms with Crippen molar-refractivity contribution in [2.75, 3.05) is 26.9 Å². The lowest BCUT2D eigenvalue weighted by Gasteiger charge is -2.41. The summed E-state index contributed by atoms with van der Waals surface area (Å²) < 4.78 is 24.1. The maximum Gasteiger partial charge on any atom is 0.0603 e. The molecule has 0 heterocycles. The van der Waals surface area contributed by atoms with Gasteiger partial charge in [0.25, 0.3) is 0 Å². The molecule has 0 amide bonds. The average molecular weight is 1260 g/mol. The summed E-state index contributed by atoms with van der Waals surface area (Å²) in [6, 6.07) is 0. The number of hydrogen-bond acceptors (Lipinski definition) is 4. The van der Waals surface area contributed by atoms with Gasteiger partial charge in [0.15, 0.2) is 0 Å². The van der Waals surface area contributed by atoms with Crippen molar-refractivity contribution >= 4 is 0 Å². The Kier molecular flexibility index (Phi) is 44.2. The van der Waals surface area contributed by atoms with E-state index in [1.165, 1.54) is 327 Å². The van der Waals surface area contributed by atoms with Crippen molar-refractivity contribution in [3.8, 4) is 0 Å². The van der Waals surface area contributed by atoms with Gasteiger partial charge in [0, 0.05) is 26.9 Å². The quantitative estimate of drug-likeness (QED) is 0.0602. The van der Waals surface area contributed by atoms with E-state index in [1.807, 2.05) is 7.11 Å². The molecule has 90 heavy (non-hydrogen) atoms. The van der Waals surface area contributed by atoms with Crippen LogP contribution in [0.15, 0.2) is 0 Å². The third kappa shape index (κ3) is 29.5. The summed E-state index contributed by atoms with van der Waals surface area (Å²) in [6.45, 7) is 28.2. The zero-order valence-corrected chi connectivity index (χ0v) is 63.4. The molecule has 8 aliphatic carbocycles. The smallest absolute Gasteiger partial charge is 0.0603 e. The molecular formula is C86H164O4. The molecule has 4 nitrogen and oxygen atoms in total. The van der Waals surface area contributed by atoms with Crippen LogP contribution >= 0.6 is 0 Å². The SMILES string of the molecule is CCCCC[C@H]1CC[C@H](C2CCC(OC)C(CC)C2)CC1.CCCCC[C@H]1CC[C@H](C2CCC(OCC)C(CC)C2)CC1.CCCCC[C@H]1CC[C@H](C2CCC(OCCC)C(CC)C2)CC1.CCCCC[C@H]1CC[C@H](C2CCC(OCCCC)C(CC)C2)CC1. The Bertz CT molecular complexity index is 1620. The van der Waals surface area contributed by atoms with Gasteiger partial charge in [-0.15, -0.1) is 0 Å². The zero-order valence-electron chi connectivity index (χ0n) is 63.4. The van der Waals surface area contributed by atoms with Crippen LogP contribution in [0.25, 0.3) is 0 Å². The molecule has 0 aromatic carbocycles. The molecule has 0 aliphatic heterocycles. The molecule has 532 valence electrons. The minimum Gasteiger partial charge on any atom is -0.381 e. The van der Waals surface area contributed by atoms with Crippen LogP contribution < -0.4 is 0 Å². The topological polar surface area (TPSA) is 36.9 Å². The molecule has 8 fully saturated rings. The van der Waals surface area contributed by atoms with E-state index in [-0.39, 0.29) is 0 Å². The van der Waals surface area contributed by atoms with E-state index < -0.39 is 0 Å². The Labute approximate surface area is 565 Å². The molecule has 8 rings (SSSR count). The van der Waals surface area contributed by atoms with E-state index in [2.05, 4.69) is 76.2 Å². The lowest BCUT2D eigenvalue weighted by atomic mass is 9.67. The van der Waals surface area contributed by atoms with Crippen molar-refractivity contribution in [1.29, 1.82) is 0 Å². The highest BCUT2D eigenvalue weighted by Crippen LogP contribution is 2.48. The van der Waals surface area contributed by atoms with Crippen molar-refractivity contribution in [1.82, 2.24) is 0 Å². The highest BCUT2D eigenvalue weighted by molar-refractivity contribution is 4.91. The van der Waals surface area contributed by atoms with Crippen LogP contribution in [-0.4, -0.2) is 51.3 Å². The molecule has 0 bridgehead atoms. The predicted molar refractivity (Wildman–Crippen MR) is 394 cm³/mol. The fourth-order valence-electron chi connectivity index (χ4n) is 20.9. The van der Waals surface area contributed by atoms with Gasteiger partial charge in [-0.05, 0) is 243 Å². The molecule has 0 saturated heterocycles. The minimum atomic E-state index is 0.552. The molecule has 0 aromatic heterocycles. The van der Waals surface area contributed by atoms with Gasteiger partial charge in [-0.1, -0.05) is 255 Å². The Morgan fingerprint density at radius 2 is 0.489 bits per heavy atom. The molecule has 0 N–H and O–H groups in total. The number of ether oxygens (including phenoxy) is 4. The van der Waals surface area contributed by atoms with Crippen molar-refractivity contribution in [2.45, 2.75) is 428 Å². The third-order valence-electron chi connectivity index (χ3n) is 27.1. The molecule has 0 aromatic rings. The zero-order chi connectivity index (χ0) is 64.6. The monoisotopic (exact) mass is 1260 g/mol. The average Bonchev–Trinajstić information content (AvgIpc) is 3.44. The molecule has 12 atom stereocenters. The highest BCUT2D eigenvalue weighted by atomic mass is 16.5. The van der Waals surface area contributed by atoms with Gasteiger partial charge in [0.05, 0.1) is 24.4 Å². The van der Waals surface area contributed by atoms with E-state index in [4.69, 9.17) is 18.9 Å². The number of hydrogen-bond donors (Lipinski definition) is 0. The molecule has 0 spiro atoms. The van der Waals surface area contributed by atoms with E-state index in [1.54, 1.807) is 0 Å². The van der Waals surface area contributed by atoms with Crippen molar-refractivity contribution < 1.29 is 18.9 Å². The van der Waals surface area contributed by atoms with Crippen LogP contribution in [-0.2, 0) is 18.9 Å². The first kappa shape index (κ1) is 80.5. The van der Waals surface area contributed by atoms with Crippen molar-refractivity contribution in [2.24, 2.45) is 94.7 Å². The summed E-state index contributed by atoms with van der Waals surface area (Å²) in [4.78, 5) is 0. The predicted octanol–water partition coefficient (Wildman–Crippen LogP) is 27.2. The molecule has 8 saturated carbocycles. The summed E-state index contributed by atoms with van der Waals surface area (Å²) in [5, 5.41) is 0. The molecular weight excluding hydrogens is 1100 g/mol. The second-order valence-electron chi connectivity index (χ2n) is 33.0. The van der Waals surface area contributed by atoms with Crippen LogP contribution in [0.3, 0.4) is 0 Å². The summed E-state index contributed by atoms with van der Waals surface area (Å²) in [5.74, 6) is 15.8. The van der Waals surface area contributed by atoms with Gasteiger partial charge < -0.3 is 18.9 Å². The summed E-state index contributed by atoms with van der Waals surface area (Å²) in [5.41, 5.74) is 0. The first-order valence-corrected chi connectivity index (χ1v) is 42.5. The lowest BCUT2D eigenvalue weighted by molar-refractivity contribution is -0.0356. The molecule has 8 aliphatic rings. The summed E-state index contributed by atoms with van der Waals surface area (Å²) in [7, 11) is 1.91. The second-order valence-corrected chi connectivity index (χ2v) is 33.0. The first-order valence-electron chi connectivity index (χ1n) is 42.5. The maximum atomic E-state index is 6.23. The van der Waals surface area contributed by atoms with Crippen LogP contribution in [0.5, 0.6) is 0 Å². The molecule has 12 unspecified atom stereocenters. The van der Waals surface area contributed by atoms with Gasteiger partial charge >= 0.3 is 0 Å². The van der Waals surface area contributed by atoms with Crippen LogP contribution in [0.4, 0.5) is 0 Å². The van der Waals surface area contributed by atoms with Gasteiger partial charge in [-0.25, -0.2) is 0 Å². The Morgan fingerprint density at radius 1 is 0.233 bits per heavy atom. The normalized spacial score (nSPS) is 35.9. The van der Waals surface area contributed by atoms with E-state index in [0.717, 1.165) is 115 Å². The molecule has 4 heteroatoms. The number of methoxy groups -OCH3 is 1. The lowest BCUT2D eigenvalue weighted by Crippen LogP contribution is -2.35. The van der Waals surface area contributed by atoms with E-state index in [9.17, 15) is 0 Å². The summed E-state index contributed by atoms with van der Waals surface area (Å²) in [6.07, 6.45) is 75.6. The van der Waals surface area contributed by atoms with E-state index >= 15 is 0 Å². The van der Waals surface area contributed by atoms with E-state index in [0.29, 0.717) is 24.4 Å². The summed E-state index contributed by atoms with van der Waals surface area (Å²) >= 11 is 0. The minimum absolute atomic E-state index is 0.552. The Balaban J connectivity index is 0.000000218. The Hall–Kier alpha value is -0.160. The molecule has 0 radical (unpaired) electrons. The number of rotatable bonds is 34. The standard InChI is InChI=1S/C23H44O.C22H42O.C21H40O.C20H38O/c1-4-7-9-10-19-11-13-21(14-12-19)22-15-16-23(20(6-3)18-22)24-17-8-5-2;1-4-7-8-9-18-10-12-20(13-11-18)21-14-15-22(23-16-5-2)19(6-3)17-21;1-4-7-8-9-17-10-12-19(13-11-17)20-14-15-21(22-6-3)18(5-2)16-20;1-4-6-7-8-16-9-11-18(12-10-16)19-13-14-20(21-3)17(5-2)15-19/h19-23H,4-18H2,1-3H3;18-22H,4-17H2,1-3H3;17-21H,4-16H2,1-3H3;16-20H,4-15H2,1-3H3/t19-,20?,21-,22?,23?;18-,19?,20-,21?,22?;17-,18?,19-,20?,21?;16-,17?,18-,19?,20?. The van der Waals surface area contributed by atoms with Gasteiger partial charge in [-0.3, -0.25) is 0 Å². The van der Waals surface area contributed by atoms with Gasteiger partial charge in [0.1, 0.15) is 0 Å². The number of unbranched alkanes of at least 4 members (excludes halogenated alkanes) is 9. The first-order chi connectivity index (χ1) is 44.1. The van der Waals surface area contributed by atoms with Crippen molar-refractivity contribution in [3.05, 3.63) is 0 Å². The van der Waals surface area contributed by atoms with Gasteiger partial charge in [0.2, 0.25) is 0 Å².